The normalized spacial score (nSPS) is 12.1. The van der Waals surface area contributed by atoms with Crippen molar-refractivity contribution in [2.24, 2.45) is 5.73 Å². The minimum Gasteiger partial charge on any atom is -0.368 e. The van der Waals surface area contributed by atoms with E-state index >= 15 is 0 Å². The molecule has 0 aliphatic heterocycles. The van der Waals surface area contributed by atoms with Gasteiger partial charge in [0.25, 0.3) is 0 Å². The molecule has 1 unspecified atom stereocenters. The van der Waals surface area contributed by atoms with Crippen LogP contribution in [0.25, 0.3) is 0 Å². The van der Waals surface area contributed by atoms with E-state index in [1.807, 2.05) is 54.7 Å². The second-order valence-corrected chi connectivity index (χ2v) is 7.53. The first kappa shape index (κ1) is 20.2. The number of benzene rings is 1. The van der Waals surface area contributed by atoms with E-state index in [1.54, 1.807) is 18.6 Å². The summed E-state index contributed by atoms with van der Waals surface area (Å²) in [6.45, 7) is 1.42. The largest absolute Gasteiger partial charge is 0.368 e. The van der Waals surface area contributed by atoms with Gasteiger partial charge >= 0.3 is 0 Å². The average Bonchev–Trinajstić information content (AvgIpc) is 2.71. The Kier molecular flexibility index (Phi) is 7.28. The van der Waals surface area contributed by atoms with Gasteiger partial charge in [0.1, 0.15) is 6.04 Å². The fourth-order valence-electron chi connectivity index (χ4n) is 3.24. The number of nitrogens with two attached hydrogens (primary N) is 1. The van der Waals surface area contributed by atoms with Gasteiger partial charge in [0, 0.05) is 42.3 Å². The predicted molar refractivity (Wildman–Crippen MR) is 114 cm³/mol. The Morgan fingerprint density at radius 3 is 2.36 bits per heavy atom. The number of halogens is 1. The van der Waals surface area contributed by atoms with Crippen LogP contribution in [0.2, 0.25) is 0 Å². The Balaban J connectivity index is 1.82. The Morgan fingerprint density at radius 2 is 1.71 bits per heavy atom. The molecule has 28 heavy (non-hydrogen) atoms. The summed E-state index contributed by atoms with van der Waals surface area (Å²) in [5, 5.41) is 0. The minimum atomic E-state index is -0.490. The van der Waals surface area contributed by atoms with Crippen LogP contribution in [0, 0.1) is 0 Å². The number of carbonyl (C=O) groups is 1. The van der Waals surface area contributed by atoms with Crippen molar-refractivity contribution in [3.05, 3.63) is 94.5 Å². The summed E-state index contributed by atoms with van der Waals surface area (Å²) in [6.07, 6.45) is 8.80. The maximum atomic E-state index is 12.4. The quantitative estimate of drug-likeness (QED) is 0.554. The van der Waals surface area contributed by atoms with Crippen molar-refractivity contribution >= 4 is 21.8 Å². The molecule has 144 valence electrons. The van der Waals surface area contributed by atoms with E-state index in [1.165, 1.54) is 5.56 Å². The van der Waals surface area contributed by atoms with E-state index in [2.05, 4.69) is 30.8 Å². The topological polar surface area (TPSA) is 72.1 Å². The van der Waals surface area contributed by atoms with Gasteiger partial charge in [0.2, 0.25) is 5.91 Å². The number of nitrogens with zero attached hydrogens (tertiary/aromatic N) is 3. The molecule has 0 spiro atoms. The predicted octanol–water partition coefficient (Wildman–Crippen LogP) is 3.55. The molecule has 1 atom stereocenters. The summed E-state index contributed by atoms with van der Waals surface area (Å²) in [6, 6.07) is 15.3. The lowest BCUT2D eigenvalue weighted by Gasteiger charge is -2.30. The third-order valence-corrected chi connectivity index (χ3v) is 5.14. The van der Waals surface area contributed by atoms with Crippen LogP contribution in [-0.4, -0.2) is 33.9 Å². The highest BCUT2D eigenvalue weighted by atomic mass is 79.9. The van der Waals surface area contributed by atoms with Crippen LogP contribution in [0.4, 0.5) is 0 Å². The smallest absolute Gasteiger partial charge is 0.239 e. The van der Waals surface area contributed by atoms with Gasteiger partial charge in [-0.1, -0.05) is 34.1 Å². The molecular formula is C22H23BrN4O. The van der Waals surface area contributed by atoms with E-state index in [-0.39, 0.29) is 5.91 Å². The van der Waals surface area contributed by atoms with Gasteiger partial charge in [-0.25, -0.2) is 0 Å². The second kappa shape index (κ2) is 10.1. The van der Waals surface area contributed by atoms with E-state index < -0.39 is 6.04 Å². The first-order valence-electron chi connectivity index (χ1n) is 9.20. The number of hydrogen-bond donors (Lipinski definition) is 1. The molecule has 2 aromatic heterocycles. The maximum Gasteiger partial charge on any atom is 0.239 e. The summed E-state index contributed by atoms with van der Waals surface area (Å²) in [4.78, 5) is 22.8. The van der Waals surface area contributed by atoms with Gasteiger partial charge in [-0.2, -0.15) is 0 Å². The van der Waals surface area contributed by atoms with Crippen LogP contribution in [0.1, 0.15) is 22.7 Å². The summed E-state index contributed by atoms with van der Waals surface area (Å²) >= 11 is 3.49. The summed E-state index contributed by atoms with van der Waals surface area (Å²) in [5.74, 6) is -0.348. The molecule has 0 saturated carbocycles. The average molecular weight is 439 g/mol. The number of primary amides is 1. The first-order chi connectivity index (χ1) is 13.6. The number of aromatic nitrogens is 2. The maximum absolute atomic E-state index is 12.4. The van der Waals surface area contributed by atoms with Crippen LogP contribution in [0.15, 0.2) is 77.8 Å². The van der Waals surface area contributed by atoms with Crippen LogP contribution in [-0.2, 0) is 17.6 Å². The lowest BCUT2D eigenvalue weighted by molar-refractivity contribution is -0.123. The van der Waals surface area contributed by atoms with Gasteiger partial charge in [0.05, 0.1) is 0 Å². The summed E-state index contributed by atoms with van der Waals surface area (Å²) in [5.41, 5.74) is 9.04. The zero-order valence-electron chi connectivity index (χ0n) is 15.5. The molecular weight excluding hydrogens is 416 g/mol. The lowest BCUT2D eigenvalue weighted by Crippen LogP contribution is -2.40. The second-order valence-electron chi connectivity index (χ2n) is 6.61. The molecule has 1 aromatic carbocycles. The highest BCUT2D eigenvalue weighted by molar-refractivity contribution is 9.10. The van der Waals surface area contributed by atoms with Crippen molar-refractivity contribution in [2.75, 3.05) is 13.1 Å². The standard InChI is InChI=1S/C22H23BrN4O/c23-20-5-1-4-19(15-20)21(22(24)28)27(13-8-17-6-11-25-12-7-17)14-9-18-3-2-10-26-16-18/h1-7,10-12,15-16,21H,8-9,13-14H2,(H2,24,28). The fourth-order valence-corrected chi connectivity index (χ4v) is 3.66. The Labute approximate surface area is 173 Å². The lowest BCUT2D eigenvalue weighted by atomic mass is 10.0. The van der Waals surface area contributed by atoms with Crippen LogP contribution in [0.3, 0.4) is 0 Å². The third-order valence-electron chi connectivity index (χ3n) is 4.65. The van der Waals surface area contributed by atoms with Gasteiger partial charge in [-0.05, 0) is 59.9 Å². The Bertz CT molecular complexity index is 846. The molecule has 0 saturated heterocycles. The highest BCUT2D eigenvalue weighted by Gasteiger charge is 2.25. The molecule has 0 radical (unpaired) electrons. The molecule has 0 aliphatic carbocycles. The van der Waals surface area contributed by atoms with Gasteiger partial charge in [-0.3, -0.25) is 19.7 Å². The molecule has 0 fully saturated rings. The van der Waals surface area contributed by atoms with E-state index in [4.69, 9.17) is 5.73 Å². The van der Waals surface area contributed by atoms with Gasteiger partial charge in [0.15, 0.2) is 0 Å². The molecule has 3 rings (SSSR count). The highest BCUT2D eigenvalue weighted by Crippen LogP contribution is 2.24. The van der Waals surface area contributed by atoms with Crippen LogP contribution < -0.4 is 5.73 Å². The number of pyridine rings is 2. The van der Waals surface area contributed by atoms with Crippen LogP contribution >= 0.6 is 15.9 Å². The molecule has 2 N–H and O–H groups in total. The first-order valence-corrected chi connectivity index (χ1v) is 9.99. The number of rotatable bonds is 9. The van der Waals surface area contributed by atoms with Crippen molar-refractivity contribution in [2.45, 2.75) is 18.9 Å². The minimum absolute atomic E-state index is 0.348. The molecule has 0 aliphatic rings. The molecule has 1 amide bonds. The van der Waals surface area contributed by atoms with Crippen molar-refractivity contribution in [3.8, 4) is 0 Å². The zero-order valence-corrected chi connectivity index (χ0v) is 17.1. The van der Waals surface area contributed by atoms with E-state index in [0.717, 1.165) is 28.4 Å². The Morgan fingerprint density at radius 1 is 0.964 bits per heavy atom. The van der Waals surface area contributed by atoms with Gasteiger partial charge in [-0.15, -0.1) is 0 Å². The molecule has 6 heteroatoms. The van der Waals surface area contributed by atoms with Crippen molar-refractivity contribution in [1.29, 1.82) is 0 Å². The molecule has 3 aromatic rings. The summed E-state index contributed by atoms with van der Waals surface area (Å²) < 4.78 is 0.928. The van der Waals surface area contributed by atoms with Crippen molar-refractivity contribution in [1.82, 2.24) is 14.9 Å². The monoisotopic (exact) mass is 438 g/mol. The van der Waals surface area contributed by atoms with E-state index in [9.17, 15) is 4.79 Å². The number of amides is 1. The summed E-state index contributed by atoms with van der Waals surface area (Å²) in [7, 11) is 0. The van der Waals surface area contributed by atoms with Crippen molar-refractivity contribution < 1.29 is 4.79 Å². The zero-order chi connectivity index (χ0) is 19.8. The fraction of sp³-hybridized carbons (Fsp3) is 0.227. The van der Waals surface area contributed by atoms with Crippen molar-refractivity contribution in [3.63, 3.8) is 0 Å². The number of carbonyl (C=O) groups excluding carboxylic acids is 1. The molecule has 0 bridgehead atoms. The molecule has 5 nitrogen and oxygen atoms in total. The van der Waals surface area contributed by atoms with Crippen LogP contribution in [0.5, 0.6) is 0 Å². The van der Waals surface area contributed by atoms with Gasteiger partial charge < -0.3 is 5.73 Å². The molecule has 2 heterocycles. The third kappa shape index (κ3) is 5.71. The van der Waals surface area contributed by atoms with E-state index in [0.29, 0.717) is 13.1 Å². The SMILES string of the molecule is NC(=O)C(c1cccc(Br)c1)N(CCc1ccncc1)CCc1cccnc1. The number of hydrogen-bond acceptors (Lipinski definition) is 4. The Hall–Kier alpha value is -2.57.